The maximum absolute atomic E-state index is 16.8. The number of ether oxygens (including phenoxy) is 2. The molecule has 1 aliphatic heterocycles. The van der Waals surface area contributed by atoms with Crippen LogP contribution in [-0.4, -0.2) is 71.7 Å². The molecular weight excluding hydrogens is 661 g/mol. The average Bonchev–Trinajstić information content (AvgIpc) is 3.72. The normalized spacial score (nSPS) is 14.4. The zero-order valence-electron chi connectivity index (χ0n) is 27.3. The summed E-state index contributed by atoms with van der Waals surface area (Å²) in [4.78, 5) is 20.8. The van der Waals surface area contributed by atoms with Crippen molar-refractivity contribution in [2.75, 3.05) is 31.2 Å². The lowest BCUT2D eigenvalue weighted by Gasteiger charge is -2.33. The summed E-state index contributed by atoms with van der Waals surface area (Å²) in [7, 11) is -3.64. The molecule has 49 heavy (non-hydrogen) atoms. The smallest absolute Gasteiger partial charge is 0.410 e. The van der Waals surface area contributed by atoms with Crippen molar-refractivity contribution in [2.45, 2.75) is 50.2 Å². The molecule has 0 radical (unpaired) electrons. The minimum atomic E-state index is -4.84. The van der Waals surface area contributed by atoms with Gasteiger partial charge in [-0.05, 0) is 81.6 Å². The van der Waals surface area contributed by atoms with Crippen LogP contribution in [0.2, 0.25) is 0 Å². The van der Waals surface area contributed by atoms with Crippen LogP contribution in [0.5, 0.6) is 0 Å². The number of piperidine rings is 1. The second kappa shape index (κ2) is 13.2. The Morgan fingerprint density at radius 2 is 1.80 bits per heavy atom. The van der Waals surface area contributed by atoms with Crippen LogP contribution in [-0.2, 0) is 19.5 Å². The summed E-state index contributed by atoms with van der Waals surface area (Å²) < 4.78 is 85.8. The first kappa shape index (κ1) is 34.0. The predicted molar refractivity (Wildman–Crippen MR) is 177 cm³/mol. The number of nitrogens with one attached hydrogen (secondary N) is 1. The molecule has 3 aromatic heterocycles. The van der Waals surface area contributed by atoms with Gasteiger partial charge in [0.2, 0.25) is 0 Å². The monoisotopic (exact) mass is 696 g/mol. The Kier molecular flexibility index (Phi) is 9.15. The van der Waals surface area contributed by atoms with Crippen molar-refractivity contribution >= 4 is 32.8 Å². The Bertz CT molecular complexity index is 2120. The van der Waals surface area contributed by atoms with E-state index in [-0.39, 0.29) is 17.3 Å². The van der Waals surface area contributed by atoms with Crippen molar-refractivity contribution in [2.24, 2.45) is 0 Å². The van der Waals surface area contributed by atoms with Crippen molar-refractivity contribution in [1.29, 1.82) is 0 Å². The number of benzene rings is 2. The molecule has 2 aromatic carbocycles. The number of aromatic nitrogens is 4. The lowest BCUT2D eigenvalue weighted by atomic mass is 9.99. The zero-order chi connectivity index (χ0) is 35.1. The van der Waals surface area contributed by atoms with Gasteiger partial charge in [-0.1, -0.05) is 6.07 Å². The fourth-order valence-electron chi connectivity index (χ4n) is 5.88. The quantitative estimate of drug-likeness (QED) is 0.176. The summed E-state index contributed by atoms with van der Waals surface area (Å²) in [6, 6.07) is 9.62. The molecule has 4 heterocycles. The highest BCUT2D eigenvalue weighted by molar-refractivity contribution is 7.92. The molecular formula is C34H35F3N6O5S. The number of pyridine rings is 1. The molecule has 15 heteroatoms. The molecule has 0 spiro atoms. The van der Waals surface area contributed by atoms with Crippen LogP contribution in [0.3, 0.4) is 0 Å². The standard InChI is InChI=1S/C34H35F3N6O5S/c1-34(2,3)48-33(44)41-16-12-22(13-17-41)42-19-26(23-10-14-38-32-24(23)11-15-39-32)31(40-42)25-6-5-7-28(30(25)37)43(20-47-4)49(45,46)29-18-21(35)8-9-27(29)36/h5-11,14-15,18-19,22H,12-13,16-17,20H2,1-4H3,(H,38,39). The molecule has 5 aromatic rings. The third-order valence-electron chi connectivity index (χ3n) is 8.18. The van der Waals surface area contributed by atoms with Crippen LogP contribution in [0.15, 0.2) is 72.0 Å². The lowest BCUT2D eigenvalue weighted by molar-refractivity contribution is 0.0184. The number of likely N-dealkylation sites (tertiary alicyclic amines) is 1. The molecule has 0 unspecified atom stereocenters. The Labute approximate surface area is 281 Å². The first-order valence-electron chi connectivity index (χ1n) is 15.5. The summed E-state index contributed by atoms with van der Waals surface area (Å²) in [5.41, 5.74) is 0.960. The van der Waals surface area contributed by atoms with Gasteiger partial charge in [0.1, 0.15) is 40.2 Å². The number of fused-ring (bicyclic) bond motifs is 1. The number of hydrogen-bond donors (Lipinski definition) is 1. The summed E-state index contributed by atoms with van der Waals surface area (Å²) in [5.74, 6) is -3.15. The Balaban J connectivity index is 1.43. The summed E-state index contributed by atoms with van der Waals surface area (Å²) in [6.45, 7) is 5.58. The van der Waals surface area contributed by atoms with Crippen LogP contribution in [0, 0.1) is 17.5 Å². The van der Waals surface area contributed by atoms with Gasteiger partial charge in [-0.15, -0.1) is 0 Å². The third kappa shape index (κ3) is 6.72. The summed E-state index contributed by atoms with van der Waals surface area (Å²) >= 11 is 0. The number of carbonyl (C=O) groups excluding carboxylic acids is 1. The number of H-pyrrole nitrogens is 1. The van der Waals surface area contributed by atoms with E-state index in [0.717, 1.165) is 11.5 Å². The average molecular weight is 697 g/mol. The minimum absolute atomic E-state index is 0.0334. The van der Waals surface area contributed by atoms with Gasteiger partial charge in [0.15, 0.2) is 5.82 Å². The maximum atomic E-state index is 16.8. The minimum Gasteiger partial charge on any atom is -0.444 e. The van der Waals surface area contributed by atoms with Gasteiger partial charge >= 0.3 is 6.09 Å². The highest BCUT2D eigenvalue weighted by Crippen LogP contribution is 2.40. The van der Waals surface area contributed by atoms with Gasteiger partial charge in [0.05, 0.1) is 11.7 Å². The highest BCUT2D eigenvalue weighted by Gasteiger charge is 2.33. The fourth-order valence-corrected chi connectivity index (χ4v) is 7.34. The molecule has 0 aliphatic carbocycles. The van der Waals surface area contributed by atoms with E-state index in [0.29, 0.717) is 59.1 Å². The highest BCUT2D eigenvalue weighted by atomic mass is 32.2. The van der Waals surface area contributed by atoms with E-state index in [1.54, 1.807) is 28.0 Å². The second-order valence-electron chi connectivity index (χ2n) is 12.7. The number of amides is 1. The van der Waals surface area contributed by atoms with E-state index in [1.165, 1.54) is 25.3 Å². The fraction of sp³-hybridized carbons (Fsp3) is 0.324. The molecule has 1 aliphatic rings. The van der Waals surface area contributed by atoms with Crippen molar-refractivity contribution in [3.8, 4) is 22.4 Å². The number of nitrogens with zero attached hydrogens (tertiary/aromatic N) is 5. The van der Waals surface area contributed by atoms with Crippen LogP contribution < -0.4 is 4.31 Å². The third-order valence-corrected chi connectivity index (χ3v) is 9.93. The lowest BCUT2D eigenvalue weighted by Crippen LogP contribution is -2.42. The number of methoxy groups -OCH3 is 1. The first-order valence-corrected chi connectivity index (χ1v) is 17.0. The first-order chi connectivity index (χ1) is 23.3. The number of hydrogen-bond acceptors (Lipinski definition) is 7. The molecule has 11 nitrogen and oxygen atoms in total. The Morgan fingerprint density at radius 3 is 2.51 bits per heavy atom. The van der Waals surface area contributed by atoms with E-state index in [9.17, 15) is 22.0 Å². The molecule has 1 amide bonds. The Morgan fingerprint density at radius 1 is 1.04 bits per heavy atom. The molecule has 1 saturated heterocycles. The molecule has 0 atom stereocenters. The van der Waals surface area contributed by atoms with Crippen LogP contribution >= 0.6 is 0 Å². The van der Waals surface area contributed by atoms with Crippen LogP contribution in [0.1, 0.15) is 39.7 Å². The van der Waals surface area contributed by atoms with Gasteiger partial charge in [-0.3, -0.25) is 4.68 Å². The summed E-state index contributed by atoms with van der Waals surface area (Å²) in [5, 5.41) is 5.61. The van der Waals surface area contributed by atoms with E-state index in [4.69, 9.17) is 14.6 Å². The topological polar surface area (TPSA) is 123 Å². The maximum Gasteiger partial charge on any atom is 0.410 e. The van der Waals surface area contributed by atoms with Gasteiger partial charge in [0, 0.05) is 55.3 Å². The van der Waals surface area contributed by atoms with Crippen LogP contribution in [0.25, 0.3) is 33.4 Å². The van der Waals surface area contributed by atoms with Crippen molar-refractivity contribution in [1.82, 2.24) is 24.6 Å². The Hall–Kier alpha value is -4.89. The van der Waals surface area contributed by atoms with E-state index in [1.807, 2.05) is 33.0 Å². The second-order valence-corrected chi connectivity index (χ2v) is 14.5. The van der Waals surface area contributed by atoms with Gasteiger partial charge < -0.3 is 19.4 Å². The number of carbonyl (C=O) groups is 1. The van der Waals surface area contributed by atoms with E-state index >= 15 is 4.39 Å². The van der Waals surface area contributed by atoms with Gasteiger partial charge in [0.25, 0.3) is 10.0 Å². The van der Waals surface area contributed by atoms with Crippen molar-refractivity contribution in [3.63, 3.8) is 0 Å². The number of sulfonamides is 1. The number of halogens is 3. The predicted octanol–water partition coefficient (Wildman–Crippen LogP) is 6.88. The zero-order valence-corrected chi connectivity index (χ0v) is 28.1. The number of anilines is 1. The largest absolute Gasteiger partial charge is 0.444 e. The van der Waals surface area contributed by atoms with Crippen molar-refractivity contribution < 1.29 is 35.9 Å². The molecule has 0 saturated carbocycles. The molecule has 1 fully saturated rings. The molecule has 1 N–H and O–H groups in total. The van der Waals surface area contributed by atoms with Gasteiger partial charge in [-0.25, -0.2) is 35.7 Å². The van der Waals surface area contributed by atoms with E-state index < -0.39 is 56.5 Å². The summed E-state index contributed by atoms with van der Waals surface area (Å²) in [6.07, 6.45) is 5.86. The molecule has 0 bridgehead atoms. The molecule has 6 rings (SSSR count). The van der Waals surface area contributed by atoms with E-state index in [2.05, 4.69) is 9.97 Å². The van der Waals surface area contributed by atoms with Gasteiger partial charge in [-0.2, -0.15) is 5.10 Å². The van der Waals surface area contributed by atoms with Crippen molar-refractivity contribution in [3.05, 3.63) is 84.6 Å². The molecule has 258 valence electrons. The number of aromatic amines is 1. The SMILES string of the molecule is COCN(c1cccc(-c2nn(C3CCN(C(=O)OC(C)(C)C)CC3)cc2-c2ccnc3[nH]ccc23)c1F)S(=O)(=O)c1cc(F)ccc1F. The number of rotatable bonds is 8. The van der Waals surface area contributed by atoms with Crippen LogP contribution in [0.4, 0.5) is 23.7 Å².